The fraction of sp³-hybridized carbons (Fsp3) is 0.188. The van der Waals surface area contributed by atoms with Crippen molar-refractivity contribution in [1.82, 2.24) is 15.0 Å². The molecular formula is C16H13F3N4O2S. The lowest BCUT2D eigenvalue weighted by molar-refractivity contribution is -0.140. The molecule has 0 atom stereocenters. The van der Waals surface area contributed by atoms with E-state index in [0.29, 0.717) is 10.8 Å². The molecule has 0 amide bonds. The number of phenolic OH excluding ortho intramolecular Hbond substituents is 1. The van der Waals surface area contributed by atoms with Gasteiger partial charge < -0.3 is 15.6 Å². The number of methoxy groups -OCH3 is 1. The molecule has 0 fully saturated rings. The van der Waals surface area contributed by atoms with E-state index in [4.69, 9.17) is 10.5 Å². The number of aryl methyl sites for hydroxylation is 1. The summed E-state index contributed by atoms with van der Waals surface area (Å²) < 4.78 is 45.7. The number of nitrogens with two attached hydrogens (primary N) is 1. The summed E-state index contributed by atoms with van der Waals surface area (Å²) in [6, 6.07) is 4.17. The summed E-state index contributed by atoms with van der Waals surface area (Å²) in [5, 5.41) is 12.3. The number of hydrogen-bond acceptors (Lipinski definition) is 7. The van der Waals surface area contributed by atoms with Gasteiger partial charge in [0, 0.05) is 17.0 Å². The van der Waals surface area contributed by atoms with Crippen LogP contribution in [0.25, 0.3) is 22.5 Å². The number of alkyl halides is 3. The zero-order valence-electron chi connectivity index (χ0n) is 13.6. The molecule has 0 radical (unpaired) electrons. The number of hydrogen-bond donors (Lipinski definition) is 2. The van der Waals surface area contributed by atoms with Crippen LogP contribution in [0.5, 0.6) is 11.5 Å². The van der Waals surface area contributed by atoms with Gasteiger partial charge in [-0.15, -0.1) is 11.3 Å². The maximum absolute atomic E-state index is 13.6. The highest BCUT2D eigenvalue weighted by Gasteiger charge is 2.39. The first-order valence-electron chi connectivity index (χ1n) is 7.25. The van der Waals surface area contributed by atoms with Gasteiger partial charge in [0.15, 0.2) is 5.69 Å². The van der Waals surface area contributed by atoms with E-state index < -0.39 is 17.8 Å². The number of nitrogens with zero attached hydrogens (tertiary/aromatic N) is 3. The summed E-state index contributed by atoms with van der Waals surface area (Å²) in [4.78, 5) is 11.5. The van der Waals surface area contributed by atoms with Gasteiger partial charge in [0.05, 0.1) is 29.1 Å². The smallest absolute Gasteiger partial charge is 0.434 e. The maximum atomic E-state index is 13.6. The molecule has 3 rings (SSSR count). The van der Waals surface area contributed by atoms with Crippen LogP contribution in [0, 0.1) is 6.92 Å². The first kappa shape index (κ1) is 17.9. The second-order valence-electron chi connectivity index (χ2n) is 5.29. The number of thiazole rings is 1. The van der Waals surface area contributed by atoms with E-state index in [0.717, 1.165) is 0 Å². The Bertz CT molecular complexity index is 973. The molecule has 0 aliphatic carbocycles. The molecule has 2 heterocycles. The van der Waals surface area contributed by atoms with E-state index in [1.54, 1.807) is 6.92 Å². The fourth-order valence-electron chi connectivity index (χ4n) is 2.44. The second kappa shape index (κ2) is 6.45. The van der Waals surface area contributed by atoms with Gasteiger partial charge in [-0.2, -0.15) is 13.2 Å². The van der Waals surface area contributed by atoms with E-state index in [1.165, 1.54) is 42.0 Å². The predicted octanol–water partition coefficient (Wildman–Crippen LogP) is 3.89. The van der Waals surface area contributed by atoms with Gasteiger partial charge >= 0.3 is 6.18 Å². The number of ether oxygens (including phenoxy) is 1. The van der Waals surface area contributed by atoms with E-state index in [9.17, 15) is 18.3 Å². The van der Waals surface area contributed by atoms with Crippen molar-refractivity contribution in [3.8, 4) is 34.0 Å². The summed E-state index contributed by atoms with van der Waals surface area (Å²) >= 11 is 1.19. The Morgan fingerprint density at radius 3 is 2.46 bits per heavy atom. The number of halogens is 3. The minimum atomic E-state index is -4.78. The molecular weight excluding hydrogens is 369 g/mol. The van der Waals surface area contributed by atoms with Crippen LogP contribution in [0.3, 0.4) is 0 Å². The standard InChI is InChI=1S/C16H13F3N4O2S/c1-7-21-10(6-26-7)12-13(9-4-3-8(25-2)5-11(9)24)22-15(20)23-14(12)16(17,18)19/h3-6,24H,1-2H3,(H2,20,22,23). The monoisotopic (exact) mass is 382 g/mol. The van der Waals surface area contributed by atoms with Gasteiger partial charge in [0.1, 0.15) is 11.5 Å². The van der Waals surface area contributed by atoms with Crippen molar-refractivity contribution in [3.63, 3.8) is 0 Å². The normalized spacial score (nSPS) is 11.6. The number of anilines is 1. The first-order valence-corrected chi connectivity index (χ1v) is 8.13. The number of aromatic nitrogens is 3. The molecule has 10 heteroatoms. The van der Waals surface area contributed by atoms with Crippen LogP contribution >= 0.6 is 11.3 Å². The van der Waals surface area contributed by atoms with Gasteiger partial charge in [0.25, 0.3) is 0 Å². The minimum Gasteiger partial charge on any atom is -0.507 e. The molecule has 0 unspecified atom stereocenters. The van der Waals surface area contributed by atoms with E-state index >= 15 is 0 Å². The molecule has 0 saturated heterocycles. The van der Waals surface area contributed by atoms with Crippen molar-refractivity contribution in [2.75, 3.05) is 12.8 Å². The van der Waals surface area contributed by atoms with Gasteiger partial charge in [-0.25, -0.2) is 15.0 Å². The van der Waals surface area contributed by atoms with Gasteiger partial charge in [-0.1, -0.05) is 0 Å². The third-order valence-corrected chi connectivity index (χ3v) is 4.30. The Morgan fingerprint density at radius 1 is 1.19 bits per heavy atom. The number of aromatic hydroxyl groups is 1. The number of nitrogen functional groups attached to an aromatic ring is 1. The lowest BCUT2D eigenvalue weighted by Crippen LogP contribution is -2.14. The highest BCUT2D eigenvalue weighted by atomic mass is 32.1. The summed E-state index contributed by atoms with van der Waals surface area (Å²) in [5.74, 6) is -0.516. The van der Waals surface area contributed by atoms with E-state index in [1.807, 2.05) is 0 Å². The zero-order chi connectivity index (χ0) is 19.1. The molecule has 3 N–H and O–H groups in total. The molecule has 1 aromatic carbocycles. The maximum Gasteiger partial charge on any atom is 0.434 e. The van der Waals surface area contributed by atoms with E-state index in [-0.39, 0.29) is 28.3 Å². The summed E-state index contributed by atoms with van der Waals surface area (Å²) in [6.45, 7) is 1.67. The minimum absolute atomic E-state index is 0.0602. The van der Waals surface area contributed by atoms with Crippen molar-refractivity contribution in [1.29, 1.82) is 0 Å². The van der Waals surface area contributed by atoms with Crippen LogP contribution < -0.4 is 10.5 Å². The molecule has 6 nitrogen and oxygen atoms in total. The van der Waals surface area contributed by atoms with Gasteiger partial charge in [0.2, 0.25) is 5.95 Å². The Kier molecular flexibility index (Phi) is 4.45. The van der Waals surface area contributed by atoms with Crippen molar-refractivity contribution in [2.45, 2.75) is 13.1 Å². The highest BCUT2D eigenvalue weighted by molar-refractivity contribution is 7.09. The van der Waals surface area contributed by atoms with Crippen LogP contribution in [-0.4, -0.2) is 27.2 Å². The van der Waals surface area contributed by atoms with Gasteiger partial charge in [-0.3, -0.25) is 0 Å². The van der Waals surface area contributed by atoms with Crippen LogP contribution in [0.15, 0.2) is 23.6 Å². The molecule has 26 heavy (non-hydrogen) atoms. The van der Waals surface area contributed by atoms with Gasteiger partial charge in [-0.05, 0) is 19.1 Å². The van der Waals surface area contributed by atoms with Crippen LogP contribution in [0.2, 0.25) is 0 Å². The molecule has 0 aliphatic rings. The molecule has 0 spiro atoms. The third kappa shape index (κ3) is 3.27. The molecule has 0 saturated carbocycles. The zero-order valence-corrected chi connectivity index (χ0v) is 14.4. The van der Waals surface area contributed by atoms with Crippen molar-refractivity contribution in [3.05, 3.63) is 34.3 Å². The average molecular weight is 382 g/mol. The predicted molar refractivity (Wildman–Crippen MR) is 90.9 cm³/mol. The molecule has 136 valence electrons. The number of phenols is 1. The molecule has 3 aromatic rings. The molecule has 0 bridgehead atoms. The topological polar surface area (TPSA) is 94.2 Å². The summed E-state index contributed by atoms with van der Waals surface area (Å²) in [6.07, 6.45) is -4.78. The fourth-order valence-corrected chi connectivity index (χ4v) is 3.04. The lowest BCUT2D eigenvalue weighted by Gasteiger charge is -2.16. The first-order chi connectivity index (χ1) is 12.2. The summed E-state index contributed by atoms with van der Waals surface area (Å²) in [7, 11) is 1.41. The van der Waals surface area contributed by atoms with Crippen LogP contribution in [0.4, 0.5) is 19.1 Å². The third-order valence-electron chi connectivity index (χ3n) is 3.53. The quantitative estimate of drug-likeness (QED) is 0.714. The Morgan fingerprint density at radius 2 is 1.92 bits per heavy atom. The van der Waals surface area contributed by atoms with Crippen LogP contribution in [0.1, 0.15) is 10.7 Å². The van der Waals surface area contributed by atoms with Crippen molar-refractivity contribution in [2.24, 2.45) is 0 Å². The molecule has 0 aliphatic heterocycles. The summed E-state index contributed by atoms with van der Waals surface area (Å²) in [5.41, 5.74) is 3.93. The van der Waals surface area contributed by atoms with Crippen molar-refractivity contribution >= 4 is 17.3 Å². The lowest BCUT2D eigenvalue weighted by atomic mass is 10.0. The highest BCUT2D eigenvalue weighted by Crippen LogP contribution is 2.43. The SMILES string of the molecule is COc1ccc(-c2nc(N)nc(C(F)(F)F)c2-c2csc(C)n2)c(O)c1. The van der Waals surface area contributed by atoms with Crippen LogP contribution in [-0.2, 0) is 6.18 Å². The Labute approximate surface area is 150 Å². The second-order valence-corrected chi connectivity index (χ2v) is 6.35. The largest absolute Gasteiger partial charge is 0.507 e. The Balaban J connectivity index is 2.36. The molecule has 2 aromatic heterocycles. The Hall–Kier alpha value is -2.88. The number of benzene rings is 1. The number of rotatable bonds is 3. The van der Waals surface area contributed by atoms with Crippen molar-refractivity contribution < 1.29 is 23.0 Å². The average Bonchev–Trinajstić information content (AvgIpc) is 2.99. The van der Waals surface area contributed by atoms with E-state index in [2.05, 4.69) is 15.0 Å².